The van der Waals surface area contributed by atoms with Gasteiger partial charge in [0.25, 0.3) is 0 Å². The Balaban J connectivity index is 1.61. The first-order valence-electron chi connectivity index (χ1n) is 9.43. The second-order valence-electron chi connectivity index (χ2n) is 7.04. The van der Waals surface area contributed by atoms with Crippen LogP contribution in [-0.4, -0.2) is 9.55 Å². The van der Waals surface area contributed by atoms with Crippen molar-refractivity contribution in [3.8, 4) is 0 Å². The predicted octanol–water partition coefficient (Wildman–Crippen LogP) is 5.97. The lowest BCUT2D eigenvalue weighted by Crippen LogP contribution is -2.06. The van der Waals surface area contributed by atoms with E-state index in [4.69, 9.17) is 4.98 Å². The van der Waals surface area contributed by atoms with E-state index in [1.165, 1.54) is 28.5 Å². The van der Waals surface area contributed by atoms with Crippen LogP contribution in [0.4, 0.5) is 4.39 Å². The van der Waals surface area contributed by atoms with E-state index in [1.807, 2.05) is 30.3 Å². The Labute approximate surface area is 162 Å². The third-order valence-electron chi connectivity index (χ3n) is 5.22. The molecule has 2 nitrogen and oxygen atoms in total. The molecule has 0 bridgehead atoms. The Kier molecular flexibility index (Phi) is 4.13. The first-order valence-corrected chi connectivity index (χ1v) is 9.43. The molecular weight excluding hydrogens is 347 g/mol. The molecule has 0 saturated carbocycles. The number of fused-ring (bicyclic) bond motifs is 2. The third-order valence-corrected chi connectivity index (χ3v) is 5.22. The van der Waals surface area contributed by atoms with Gasteiger partial charge in [-0.15, -0.1) is 0 Å². The van der Waals surface area contributed by atoms with Gasteiger partial charge in [-0.25, -0.2) is 9.37 Å². The minimum absolute atomic E-state index is 0.213. The molecule has 0 radical (unpaired) electrons. The number of halogens is 1. The van der Waals surface area contributed by atoms with Crippen molar-refractivity contribution < 1.29 is 4.39 Å². The molecule has 136 valence electrons. The van der Waals surface area contributed by atoms with E-state index in [0.717, 1.165) is 28.8 Å². The maximum absolute atomic E-state index is 13.3. The Morgan fingerprint density at radius 1 is 0.750 bits per heavy atom. The van der Waals surface area contributed by atoms with E-state index in [1.54, 1.807) is 0 Å². The summed E-state index contributed by atoms with van der Waals surface area (Å²) in [5.74, 6) is 0.803. The van der Waals surface area contributed by atoms with Gasteiger partial charge in [-0.1, -0.05) is 66.7 Å². The molecule has 0 aliphatic heterocycles. The zero-order chi connectivity index (χ0) is 18.9. The number of benzene rings is 4. The minimum atomic E-state index is -0.213. The van der Waals surface area contributed by atoms with Crippen LogP contribution < -0.4 is 0 Å². The highest BCUT2D eigenvalue weighted by Gasteiger charge is 2.13. The van der Waals surface area contributed by atoms with E-state index in [-0.39, 0.29) is 5.82 Å². The van der Waals surface area contributed by atoms with Crippen LogP contribution in [-0.2, 0) is 13.0 Å². The van der Waals surface area contributed by atoms with Crippen molar-refractivity contribution >= 4 is 21.8 Å². The van der Waals surface area contributed by atoms with Gasteiger partial charge in [0.2, 0.25) is 0 Å². The maximum atomic E-state index is 13.3. The van der Waals surface area contributed by atoms with Crippen LogP contribution in [0.1, 0.15) is 17.0 Å². The summed E-state index contributed by atoms with van der Waals surface area (Å²) >= 11 is 0. The summed E-state index contributed by atoms with van der Waals surface area (Å²) in [4.78, 5) is 4.92. The Hall–Kier alpha value is -3.46. The van der Waals surface area contributed by atoms with Gasteiger partial charge in [-0.3, -0.25) is 0 Å². The highest BCUT2D eigenvalue weighted by atomic mass is 19.1. The van der Waals surface area contributed by atoms with E-state index >= 15 is 0 Å². The van der Waals surface area contributed by atoms with Crippen LogP contribution in [0.5, 0.6) is 0 Å². The lowest BCUT2D eigenvalue weighted by Gasteiger charge is -2.11. The third kappa shape index (κ3) is 3.05. The summed E-state index contributed by atoms with van der Waals surface area (Å²) in [6, 6.07) is 29.7. The molecule has 4 aromatic carbocycles. The monoisotopic (exact) mass is 366 g/mol. The Bertz CT molecular complexity index is 1260. The Morgan fingerprint density at radius 2 is 1.50 bits per heavy atom. The zero-order valence-corrected chi connectivity index (χ0v) is 15.3. The summed E-state index contributed by atoms with van der Waals surface area (Å²) in [6.45, 7) is 0.668. The second-order valence-corrected chi connectivity index (χ2v) is 7.04. The predicted molar refractivity (Wildman–Crippen MR) is 112 cm³/mol. The van der Waals surface area contributed by atoms with Crippen LogP contribution in [0, 0.1) is 5.82 Å². The fourth-order valence-corrected chi connectivity index (χ4v) is 3.83. The molecule has 0 amide bonds. The molecule has 1 aromatic heterocycles. The van der Waals surface area contributed by atoms with Crippen molar-refractivity contribution in [3.63, 3.8) is 0 Å². The number of nitrogens with zero attached hydrogens (tertiary/aromatic N) is 2. The van der Waals surface area contributed by atoms with E-state index in [9.17, 15) is 4.39 Å². The number of rotatable bonds is 4. The van der Waals surface area contributed by atoms with Crippen LogP contribution in [0.25, 0.3) is 21.8 Å². The van der Waals surface area contributed by atoms with Gasteiger partial charge in [0.1, 0.15) is 11.6 Å². The van der Waals surface area contributed by atoms with Crippen molar-refractivity contribution in [3.05, 3.63) is 114 Å². The van der Waals surface area contributed by atoms with Gasteiger partial charge in [0.05, 0.1) is 11.0 Å². The van der Waals surface area contributed by atoms with Gasteiger partial charge >= 0.3 is 0 Å². The largest absolute Gasteiger partial charge is 0.323 e. The summed E-state index contributed by atoms with van der Waals surface area (Å²) < 4.78 is 15.6. The van der Waals surface area contributed by atoms with Crippen molar-refractivity contribution in [2.75, 3.05) is 0 Å². The fourth-order valence-electron chi connectivity index (χ4n) is 3.83. The standard InChI is InChI=1S/C25H19FN2/c26-21-14-12-18(13-15-21)17-28-24-11-4-3-10-23(24)27-25(28)16-20-8-5-7-19-6-1-2-9-22(19)20/h1-15H,16-17H2. The van der Waals surface area contributed by atoms with Gasteiger partial charge in [0, 0.05) is 13.0 Å². The summed E-state index contributed by atoms with van der Waals surface area (Å²) in [7, 11) is 0. The fraction of sp³-hybridized carbons (Fsp3) is 0.0800. The van der Waals surface area contributed by atoms with Crippen LogP contribution >= 0.6 is 0 Å². The maximum Gasteiger partial charge on any atom is 0.123 e. The molecule has 0 N–H and O–H groups in total. The van der Waals surface area contributed by atoms with Crippen molar-refractivity contribution in [2.24, 2.45) is 0 Å². The molecule has 28 heavy (non-hydrogen) atoms. The van der Waals surface area contributed by atoms with Crippen LogP contribution in [0.2, 0.25) is 0 Å². The molecule has 3 heteroatoms. The van der Waals surface area contributed by atoms with E-state index in [0.29, 0.717) is 6.54 Å². The molecule has 1 heterocycles. The van der Waals surface area contributed by atoms with Gasteiger partial charge in [0.15, 0.2) is 0 Å². The molecular formula is C25H19FN2. The first kappa shape index (κ1) is 16.7. The molecule has 0 aliphatic carbocycles. The summed E-state index contributed by atoms with van der Waals surface area (Å²) in [5, 5.41) is 2.49. The molecule has 0 spiro atoms. The van der Waals surface area contributed by atoms with Crippen molar-refractivity contribution in [1.29, 1.82) is 0 Å². The quantitative estimate of drug-likeness (QED) is 0.383. The van der Waals surface area contributed by atoms with E-state index in [2.05, 4.69) is 53.1 Å². The number of hydrogen-bond acceptors (Lipinski definition) is 1. The smallest absolute Gasteiger partial charge is 0.123 e. The van der Waals surface area contributed by atoms with Crippen molar-refractivity contribution in [1.82, 2.24) is 9.55 Å². The molecule has 0 saturated heterocycles. The van der Waals surface area contributed by atoms with Crippen LogP contribution in [0.15, 0.2) is 91.0 Å². The molecule has 0 aliphatic rings. The number of aromatic nitrogens is 2. The highest BCUT2D eigenvalue weighted by molar-refractivity contribution is 5.86. The lowest BCUT2D eigenvalue weighted by atomic mass is 10.0. The van der Waals surface area contributed by atoms with Gasteiger partial charge in [-0.2, -0.15) is 0 Å². The normalized spacial score (nSPS) is 11.3. The van der Waals surface area contributed by atoms with Crippen molar-refractivity contribution in [2.45, 2.75) is 13.0 Å². The highest BCUT2D eigenvalue weighted by Crippen LogP contribution is 2.24. The Morgan fingerprint density at radius 3 is 2.39 bits per heavy atom. The second kappa shape index (κ2) is 6.93. The number of hydrogen-bond donors (Lipinski definition) is 0. The van der Waals surface area contributed by atoms with E-state index < -0.39 is 0 Å². The molecule has 0 fully saturated rings. The average Bonchev–Trinajstić information content (AvgIpc) is 3.07. The molecule has 5 aromatic rings. The van der Waals surface area contributed by atoms with Gasteiger partial charge in [-0.05, 0) is 46.2 Å². The van der Waals surface area contributed by atoms with Gasteiger partial charge < -0.3 is 4.57 Å². The summed E-state index contributed by atoms with van der Waals surface area (Å²) in [6.07, 6.45) is 0.747. The molecule has 0 atom stereocenters. The molecule has 5 rings (SSSR count). The molecule has 0 unspecified atom stereocenters. The number of para-hydroxylation sites is 2. The lowest BCUT2D eigenvalue weighted by molar-refractivity contribution is 0.626. The zero-order valence-electron chi connectivity index (χ0n) is 15.3. The average molecular weight is 366 g/mol. The van der Waals surface area contributed by atoms with Crippen LogP contribution in [0.3, 0.4) is 0 Å². The SMILES string of the molecule is Fc1ccc(Cn2c(Cc3cccc4ccccc34)nc3ccccc32)cc1. The topological polar surface area (TPSA) is 17.8 Å². The number of imidazole rings is 1. The summed E-state index contributed by atoms with van der Waals surface area (Å²) in [5.41, 5.74) is 4.40. The first-order chi connectivity index (χ1) is 13.8. The minimum Gasteiger partial charge on any atom is -0.323 e.